The van der Waals surface area contributed by atoms with Crippen LogP contribution in [0, 0.1) is 0 Å². The highest BCUT2D eigenvalue weighted by atomic mass is 32.5. The fourth-order valence-corrected chi connectivity index (χ4v) is 1.32. The minimum atomic E-state index is -11.9. The van der Waals surface area contributed by atoms with Gasteiger partial charge >= 0.3 is 23.0 Å². The Hall–Kier alpha value is -0.460. The van der Waals surface area contributed by atoms with Crippen LogP contribution < -0.4 is 0 Å². The Kier molecular flexibility index (Phi) is 2.37. The van der Waals surface area contributed by atoms with E-state index in [1.807, 2.05) is 0 Å². The zero-order valence-corrected chi connectivity index (χ0v) is 6.83. The largest absolute Gasteiger partial charge is 0.483 e. The van der Waals surface area contributed by atoms with Gasteiger partial charge in [-0.05, 0) is 0 Å². The van der Waals surface area contributed by atoms with Crippen molar-refractivity contribution >= 4 is 10.4 Å². The molecule has 0 amide bonds. The molecule has 0 saturated carbocycles. The molecule has 0 aliphatic heterocycles. The quantitative estimate of drug-likeness (QED) is 0.503. The van der Waals surface area contributed by atoms with Crippen LogP contribution in [-0.4, -0.2) is 16.9 Å². The molecule has 13 heteroatoms. The van der Waals surface area contributed by atoms with Gasteiger partial charge in [0.15, 0.2) is 0 Å². The summed E-state index contributed by atoms with van der Waals surface area (Å²) in [6, 6.07) is 0. The maximum atomic E-state index is 11.4. The third-order valence-corrected chi connectivity index (χ3v) is 1.91. The van der Waals surface area contributed by atoms with Gasteiger partial charge in [0.1, 0.15) is 0 Å². The van der Waals surface area contributed by atoms with Gasteiger partial charge in [-0.25, -0.2) is 0 Å². The second-order valence-electron chi connectivity index (χ2n) is 2.16. The van der Waals surface area contributed by atoms with Gasteiger partial charge in [0.2, 0.25) is 0 Å². The van der Waals surface area contributed by atoms with Gasteiger partial charge in [-0.2, -0.15) is 26.3 Å². The average Bonchev–Trinajstić information content (AvgIpc) is 1.37. The van der Waals surface area contributed by atoms with E-state index in [0.717, 1.165) is 0 Å². The van der Waals surface area contributed by atoms with Crippen LogP contribution in [0.5, 0.6) is 0 Å². The van der Waals surface area contributed by atoms with Crippen LogP contribution in [0.2, 0.25) is 0 Å². The lowest BCUT2D eigenvalue weighted by Gasteiger charge is -2.48. The van der Waals surface area contributed by atoms with Crippen LogP contribution in [0.15, 0.2) is 0 Å². The summed E-state index contributed by atoms with van der Waals surface area (Å²) in [7, 11) is -11.9. The summed E-state index contributed by atoms with van der Waals surface area (Å²) in [5, 5.41) is 0. The Labute approximate surface area is 74.3 Å². The number of alkyl halides is 6. The molecule has 15 heavy (non-hydrogen) atoms. The summed E-state index contributed by atoms with van der Waals surface area (Å²) in [4.78, 5) is 0. The molecule has 0 fully saturated rings. The van der Waals surface area contributed by atoms with Crippen molar-refractivity contribution in [2.45, 2.75) is 12.6 Å². The van der Waals surface area contributed by atoms with Crippen molar-refractivity contribution < 1.29 is 45.8 Å². The monoisotopic (exact) mass is 279 g/mol. The van der Waals surface area contributed by atoms with Crippen molar-refractivity contribution in [2.24, 2.45) is 0 Å². The first-order chi connectivity index (χ1) is 5.85. The summed E-state index contributed by atoms with van der Waals surface area (Å²) in [6.07, 6.45) is -14.6. The summed E-state index contributed by atoms with van der Waals surface area (Å²) in [5.41, 5.74) is 0. The van der Waals surface area contributed by atoms with Crippen molar-refractivity contribution in [2.75, 3.05) is 0 Å². The predicted molar refractivity (Wildman–Crippen MR) is 27.1 cm³/mol. The van der Waals surface area contributed by atoms with E-state index in [0.29, 0.717) is 0 Å². The smallest absolute Gasteiger partial charge is 0.154 e. The molecule has 0 atom stereocenters. The third kappa shape index (κ3) is 3.89. The molecule has 1 nitrogen and oxygen atoms in total. The van der Waals surface area contributed by atoms with Gasteiger partial charge in [-0.1, -0.05) is 19.4 Å². The Morgan fingerprint density at radius 2 is 0.800 bits per heavy atom. The van der Waals surface area contributed by atoms with Crippen molar-refractivity contribution in [3.63, 3.8) is 0 Å². The zero-order valence-electron chi connectivity index (χ0n) is 6.01. The first-order valence-corrected chi connectivity index (χ1v) is 4.44. The second-order valence-corrected chi connectivity index (χ2v) is 4.38. The topological polar surface area (TPSA) is 3.24 Å². The van der Waals surface area contributed by atoms with E-state index >= 15 is 0 Å². The average molecular weight is 279 g/mol. The fourth-order valence-electron chi connectivity index (χ4n) is 0.535. The molecule has 0 heterocycles. The molecule has 0 N–H and O–H groups in total. The Morgan fingerprint density at radius 1 is 0.600 bits per heavy atom. The van der Waals surface area contributed by atoms with Crippen LogP contribution in [-0.2, 0) is 0 Å². The van der Waals surface area contributed by atoms with Crippen LogP contribution >= 0.6 is 10.4 Å². The summed E-state index contributed by atoms with van der Waals surface area (Å²) < 4.78 is 120. The van der Waals surface area contributed by atoms with Crippen LogP contribution in [0.4, 0.5) is 45.8 Å². The molecule has 0 bridgehead atoms. The molecule has 0 aromatic carbocycles. The molecule has 0 radical (unpaired) electrons. The van der Waals surface area contributed by atoms with E-state index in [9.17, 15) is 45.8 Å². The summed E-state index contributed by atoms with van der Waals surface area (Å²) in [5.74, 6) is 0. The number of halogens is 11. The molecule has 0 spiro atoms. The lowest BCUT2D eigenvalue weighted by Crippen LogP contribution is -2.53. The lowest BCUT2D eigenvalue weighted by atomic mass is 11.0. The minimum absolute atomic E-state index is 4.61. The molecule has 0 saturated heterocycles. The van der Waals surface area contributed by atoms with Gasteiger partial charge in [0.25, 0.3) is 0 Å². The van der Waals surface area contributed by atoms with Gasteiger partial charge in [0, 0.05) is 4.31 Å². The number of rotatable bonds is 1. The lowest BCUT2D eigenvalue weighted by molar-refractivity contribution is -0.344. The Balaban J connectivity index is 5.80. The number of hydrogen-bond donors (Lipinski definition) is 0. The van der Waals surface area contributed by atoms with Crippen molar-refractivity contribution in [3.05, 3.63) is 0 Å². The molecule has 0 rings (SSSR count). The van der Waals surface area contributed by atoms with E-state index in [2.05, 4.69) is 0 Å². The normalized spacial score (nSPS) is 20.0. The highest BCUT2D eigenvalue weighted by Crippen LogP contribution is 3.01. The maximum absolute atomic E-state index is 11.9. The van der Waals surface area contributed by atoms with Gasteiger partial charge in [-0.15, -0.1) is 0 Å². The van der Waals surface area contributed by atoms with Crippen LogP contribution in [0.3, 0.4) is 0 Å². The Bertz CT molecular complexity index is 235. The van der Waals surface area contributed by atoms with Crippen molar-refractivity contribution in [3.8, 4) is 0 Å². The van der Waals surface area contributed by atoms with Crippen molar-refractivity contribution in [1.29, 1.82) is 0 Å². The second kappa shape index (κ2) is 2.44. The summed E-state index contributed by atoms with van der Waals surface area (Å²) >= 11 is 0. The SMILES string of the molecule is FC(F)(F)N(C(F)(F)F)S(F)(F)(F)(F)F. The van der Waals surface area contributed by atoms with E-state index in [1.54, 1.807) is 0 Å². The standard InChI is InChI=1S/C2F11NS/c3-1(4,5)14(2(6,7)8)15(9,10,11,12)13. The minimum Gasteiger partial charge on any atom is -0.154 e. The van der Waals surface area contributed by atoms with E-state index in [1.165, 1.54) is 0 Å². The van der Waals surface area contributed by atoms with E-state index in [4.69, 9.17) is 0 Å². The van der Waals surface area contributed by atoms with Gasteiger partial charge < -0.3 is 0 Å². The number of hydrogen-bond acceptors (Lipinski definition) is 1. The molecule has 96 valence electrons. The van der Waals surface area contributed by atoms with Crippen molar-refractivity contribution in [1.82, 2.24) is 4.31 Å². The zero-order chi connectivity index (χ0) is 13.0. The highest BCUT2D eigenvalue weighted by Gasteiger charge is 2.84. The Morgan fingerprint density at radius 3 is 0.800 bits per heavy atom. The highest BCUT2D eigenvalue weighted by molar-refractivity contribution is 8.44. The van der Waals surface area contributed by atoms with E-state index in [-0.39, 0.29) is 0 Å². The number of nitrogens with zero attached hydrogens (tertiary/aromatic N) is 1. The van der Waals surface area contributed by atoms with Crippen LogP contribution in [0.25, 0.3) is 0 Å². The molecule has 0 aromatic rings. The first-order valence-electron chi connectivity index (χ1n) is 2.54. The van der Waals surface area contributed by atoms with Crippen LogP contribution in [0.1, 0.15) is 0 Å². The molecule has 0 unspecified atom stereocenters. The molecule has 0 aliphatic carbocycles. The molecule has 0 aromatic heterocycles. The fraction of sp³-hybridized carbons (Fsp3) is 1.00. The van der Waals surface area contributed by atoms with E-state index < -0.39 is 27.3 Å². The van der Waals surface area contributed by atoms with Gasteiger partial charge in [0.05, 0.1) is 0 Å². The molecular weight excluding hydrogens is 279 g/mol. The molecular formula is C2F11NS. The first kappa shape index (κ1) is 14.5. The predicted octanol–water partition coefficient (Wildman–Crippen LogP) is 4.54. The van der Waals surface area contributed by atoms with Gasteiger partial charge in [-0.3, -0.25) is 0 Å². The third-order valence-electron chi connectivity index (χ3n) is 0.806. The summed E-state index contributed by atoms with van der Waals surface area (Å²) in [6.45, 7) is 0. The maximum Gasteiger partial charge on any atom is 0.483 e. The molecule has 0 aliphatic rings.